The van der Waals surface area contributed by atoms with Crippen molar-refractivity contribution in [1.82, 2.24) is 9.55 Å². The topological polar surface area (TPSA) is 55.1 Å². The average Bonchev–Trinajstić information content (AvgIpc) is 2.93. The summed E-state index contributed by atoms with van der Waals surface area (Å²) in [5, 5.41) is 9.14. The second kappa shape index (κ2) is 4.24. The number of aliphatic carboxylic acids is 1. The molecule has 0 radical (unpaired) electrons. The molecule has 94 valence electrons. The zero-order valence-corrected chi connectivity index (χ0v) is 10.9. The minimum atomic E-state index is -0.706. The van der Waals surface area contributed by atoms with Crippen LogP contribution in [0.25, 0.3) is 10.7 Å². The Balaban J connectivity index is 1.99. The van der Waals surface area contributed by atoms with Crippen LogP contribution in [-0.4, -0.2) is 20.6 Å². The predicted molar refractivity (Wildman–Crippen MR) is 69.7 cm³/mol. The quantitative estimate of drug-likeness (QED) is 0.905. The lowest BCUT2D eigenvalue weighted by Crippen LogP contribution is -2.26. The Labute approximate surface area is 109 Å². The summed E-state index contributed by atoms with van der Waals surface area (Å²) < 4.78 is 2.06. The van der Waals surface area contributed by atoms with E-state index in [1.165, 1.54) is 4.88 Å². The molecule has 0 aliphatic carbocycles. The summed E-state index contributed by atoms with van der Waals surface area (Å²) in [6, 6.07) is 4.12. The number of fused-ring (bicyclic) bond motifs is 1. The summed E-state index contributed by atoms with van der Waals surface area (Å²) in [4.78, 5) is 17.9. The molecule has 0 aromatic carbocycles. The highest BCUT2D eigenvalue weighted by Crippen LogP contribution is 2.31. The van der Waals surface area contributed by atoms with Crippen LogP contribution in [0.3, 0.4) is 0 Å². The van der Waals surface area contributed by atoms with Crippen molar-refractivity contribution in [2.45, 2.75) is 26.3 Å². The molecule has 2 aromatic rings. The fourth-order valence-corrected chi connectivity index (χ4v) is 3.27. The normalized spacial score (nSPS) is 18.6. The highest BCUT2D eigenvalue weighted by molar-refractivity contribution is 7.15. The molecule has 3 heterocycles. The molecule has 0 spiro atoms. The highest BCUT2D eigenvalue weighted by Gasteiger charge is 2.26. The summed E-state index contributed by atoms with van der Waals surface area (Å²) in [6.07, 6.45) is 3.39. The number of hydrogen-bond donors (Lipinski definition) is 1. The van der Waals surface area contributed by atoms with Gasteiger partial charge in [-0.15, -0.1) is 11.3 Å². The molecule has 0 bridgehead atoms. The Morgan fingerprint density at radius 3 is 3.06 bits per heavy atom. The number of thiophene rings is 1. The molecule has 1 unspecified atom stereocenters. The van der Waals surface area contributed by atoms with Crippen molar-refractivity contribution >= 4 is 17.3 Å². The van der Waals surface area contributed by atoms with E-state index in [-0.39, 0.29) is 5.92 Å². The Bertz CT molecular complexity index is 600. The summed E-state index contributed by atoms with van der Waals surface area (Å²) in [5.74, 6) is -0.0804. The minimum absolute atomic E-state index is 0.286. The molecule has 3 rings (SSSR count). The number of carbonyl (C=O) groups is 1. The number of imidazole rings is 1. The van der Waals surface area contributed by atoms with Gasteiger partial charge in [-0.25, -0.2) is 4.98 Å². The van der Waals surface area contributed by atoms with Crippen molar-refractivity contribution < 1.29 is 9.90 Å². The molecular formula is C13H14N2O2S. The van der Waals surface area contributed by atoms with E-state index in [9.17, 15) is 4.79 Å². The van der Waals surface area contributed by atoms with Gasteiger partial charge >= 0.3 is 5.97 Å². The Morgan fingerprint density at radius 1 is 1.56 bits per heavy atom. The van der Waals surface area contributed by atoms with Gasteiger partial charge in [0, 0.05) is 23.3 Å². The first-order valence-electron chi connectivity index (χ1n) is 5.99. The van der Waals surface area contributed by atoms with Crippen molar-refractivity contribution in [2.24, 2.45) is 5.92 Å². The molecule has 5 heteroatoms. The number of aryl methyl sites for hydroxylation is 2. The van der Waals surface area contributed by atoms with Gasteiger partial charge in [-0.05, 0) is 31.9 Å². The highest BCUT2D eigenvalue weighted by atomic mass is 32.1. The Hall–Kier alpha value is -1.62. The SMILES string of the molecule is Cc1ccc(-c2ncc3n2CC(C(=O)O)CC3)s1. The monoisotopic (exact) mass is 262 g/mol. The Kier molecular flexibility index (Phi) is 2.70. The zero-order valence-electron chi connectivity index (χ0n) is 10.1. The van der Waals surface area contributed by atoms with Crippen LogP contribution in [0.5, 0.6) is 0 Å². The molecule has 18 heavy (non-hydrogen) atoms. The molecule has 1 aliphatic heterocycles. The van der Waals surface area contributed by atoms with E-state index < -0.39 is 5.97 Å². The van der Waals surface area contributed by atoms with E-state index in [0.29, 0.717) is 13.0 Å². The largest absolute Gasteiger partial charge is 0.481 e. The van der Waals surface area contributed by atoms with Gasteiger partial charge in [0.1, 0.15) is 5.82 Å². The standard InChI is InChI=1S/C13H14N2O2S/c1-8-2-5-11(18-8)12-14-6-10-4-3-9(13(16)17)7-15(10)12/h2,5-6,9H,3-4,7H2,1H3,(H,16,17). The second-order valence-electron chi connectivity index (χ2n) is 4.67. The van der Waals surface area contributed by atoms with Gasteiger partial charge < -0.3 is 9.67 Å². The first-order valence-corrected chi connectivity index (χ1v) is 6.81. The lowest BCUT2D eigenvalue weighted by Gasteiger charge is -2.22. The third-order valence-corrected chi connectivity index (χ3v) is 4.40. The van der Waals surface area contributed by atoms with Crippen molar-refractivity contribution in [1.29, 1.82) is 0 Å². The van der Waals surface area contributed by atoms with Gasteiger partial charge in [-0.1, -0.05) is 0 Å². The molecular weight excluding hydrogens is 248 g/mol. The van der Waals surface area contributed by atoms with E-state index in [1.54, 1.807) is 11.3 Å². The number of nitrogens with zero attached hydrogens (tertiary/aromatic N) is 2. The number of aromatic nitrogens is 2. The van der Waals surface area contributed by atoms with E-state index in [4.69, 9.17) is 5.11 Å². The Morgan fingerprint density at radius 2 is 2.39 bits per heavy atom. The number of carboxylic acids is 1. The van der Waals surface area contributed by atoms with E-state index in [1.807, 2.05) is 6.20 Å². The molecule has 0 saturated heterocycles. The van der Waals surface area contributed by atoms with Crippen LogP contribution in [0.1, 0.15) is 17.0 Å². The van der Waals surface area contributed by atoms with Crippen LogP contribution >= 0.6 is 11.3 Å². The number of hydrogen-bond acceptors (Lipinski definition) is 3. The van der Waals surface area contributed by atoms with E-state index in [2.05, 4.69) is 28.6 Å². The molecule has 2 aromatic heterocycles. The molecule has 1 atom stereocenters. The zero-order chi connectivity index (χ0) is 12.7. The second-order valence-corrected chi connectivity index (χ2v) is 5.96. The van der Waals surface area contributed by atoms with Gasteiger partial charge in [0.2, 0.25) is 0 Å². The van der Waals surface area contributed by atoms with Crippen LogP contribution in [-0.2, 0) is 17.8 Å². The summed E-state index contributed by atoms with van der Waals surface area (Å²) >= 11 is 1.70. The number of rotatable bonds is 2. The smallest absolute Gasteiger partial charge is 0.308 e. The fraction of sp³-hybridized carbons (Fsp3) is 0.385. The molecule has 1 aliphatic rings. The van der Waals surface area contributed by atoms with Gasteiger partial charge in [-0.3, -0.25) is 4.79 Å². The average molecular weight is 262 g/mol. The van der Waals surface area contributed by atoms with Crippen molar-refractivity contribution in [3.05, 3.63) is 28.9 Å². The summed E-state index contributed by atoms with van der Waals surface area (Å²) in [5.41, 5.74) is 1.15. The molecule has 4 nitrogen and oxygen atoms in total. The third-order valence-electron chi connectivity index (χ3n) is 3.40. The van der Waals surface area contributed by atoms with Crippen LogP contribution in [0.15, 0.2) is 18.3 Å². The number of carboxylic acid groups (broad SMARTS) is 1. The predicted octanol–water partition coefficient (Wildman–Crippen LogP) is 2.57. The molecule has 0 amide bonds. The van der Waals surface area contributed by atoms with Crippen LogP contribution in [0.2, 0.25) is 0 Å². The third kappa shape index (κ3) is 1.84. The lowest BCUT2D eigenvalue weighted by molar-refractivity contribution is -0.142. The maximum atomic E-state index is 11.1. The van der Waals surface area contributed by atoms with Crippen molar-refractivity contribution in [2.75, 3.05) is 0 Å². The molecule has 0 fully saturated rings. The summed E-state index contributed by atoms with van der Waals surface area (Å²) in [6.45, 7) is 2.60. The van der Waals surface area contributed by atoms with E-state index in [0.717, 1.165) is 22.8 Å². The van der Waals surface area contributed by atoms with Crippen LogP contribution < -0.4 is 0 Å². The molecule has 1 N–H and O–H groups in total. The van der Waals surface area contributed by atoms with Gasteiger partial charge in [0.15, 0.2) is 0 Å². The minimum Gasteiger partial charge on any atom is -0.481 e. The maximum absolute atomic E-state index is 11.1. The van der Waals surface area contributed by atoms with Crippen molar-refractivity contribution in [3.63, 3.8) is 0 Å². The van der Waals surface area contributed by atoms with Crippen LogP contribution in [0, 0.1) is 12.8 Å². The first kappa shape index (κ1) is 11.5. The van der Waals surface area contributed by atoms with E-state index >= 15 is 0 Å². The van der Waals surface area contributed by atoms with Gasteiger partial charge in [-0.2, -0.15) is 0 Å². The van der Waals surface area contributed by atoms with Gasteiger partial charge in [0.25, 0.3) is 0 Å². The fourth-order valence-electron chi connectivity index (χ4n) is 2.40. The van der Waals surface area contributed by atoms with Crippen LogP contribution in [0.4, 0.5) is 0 Å². The summed E-state index contributed by atoms with van der Waals surface area (Å²) in [7, 11) is 0. The maximum Gasteiger partial charge on any atom is 0.308 e. The first-order chi connectivity index (χ1) is 8.65. The van der Waals surface area contributed by atoms with Crippen molar-refractivity contribution in [3.8, 4) is 10.7 Å². The lowest BCUT2D eigenvalue weighted by atomic mass is 9.98. The van der Waals surface area contributed by atoms with Gasteiger partial charge in [0.05, 0.1) is 10.8 Å². The molecule has 0 saturated carbocycles.